The van der Waals surface area contributed by atoms with Crippen LogP contribution in [0.3, 0.4) is 0 Å². The van der Waals surface area contributed by atoms with Crippen LogP contribution in [0.4, 0.5) is 17.3 Å². The van der Waals surface area contributed by atoms with Crippen LogP contribution in [0, 0.1) is 0 Å². The largest absolute Gasteiger partial charge is 0.373 e. The second kappa shape index (κ2) is 5.77. The molecular weight excluding hydrogens is 250 g/mol. The third kappa shape index (κ3) is 2.66. The minimum Gasteiger partial charge on any atom is -0.373 e. The highest BCUT2D eigenvalue weighted by atomic mass is 15.3. The van der Waals surface area contributed by atoms with Crippen molar-refractivity contribution in [3.05, 3.63) is 42.7 Å². The highest BCUT2D eigenvalue weighted by Gasteiger charge is 2.18. The maximum absolute atomic E-state index is 4.41. The molecule has 1 N–H and O–H groups in total. The molecule has 1 fully saturated rings. The maximum atomic E-state index is 4.41. The third-order valence-corrected chi connectivity index (χ3v) is 3.62. The Morgan fingerprint density at radius 3 is 2.45 bits per heavy atom. The summed E-state index contributed by atoms with van der Waals surface area (Å²) in [6.07, 6.45) is 3.70. The van der Waals surface area contributed by atoms with Gasteiger partial charge in [0.15, 0.2) is 0 Å². The molecular formula is C15H19N5. The molecule has 3 heterocycles. The van der Waals surface area contributed by atoms with Crippen molar-refractivity contribution >= 4 is 17.3 Å². The standard InChI is InChI=1S/C15H19N5/c1-16-14-12-13(5-7-17-14)19-8-10-20(11-9-19)15-4-2-3-6-18-15/h2-7,12H,8-11H2,1H3,(H,16,17). The first-order chi connectivity index (χ1) is 9.86. The van der Waals surface area contributed by atoms with E-state index in [4.69, 9.17) is 0 Å². The number of nitrogens with zero attached hydrogens (tertiary/aromatic N) is 4. The minimum atomic E-state index is 0.912. The van der Waals surface area contributed by atoms with Crippen molar-refractivity contribution in [2.24, 2.45) is 0 Å². The number of piperazine rings is 1. The number of rotatable bonds is 3. The Kier molecular flexibility index (Phi) is 3.67. The summed E-state index contributed by atoms with van der Waals surface area (Å²) >= 11 is 0. The predicted molar refractivity (Wildman–Crippen MR) is 82.4 cm³/mol. The van der Waals surface area contributed by atoms with Crippen LogP contribution in [0.2, 0.25) is 0 Å². The average molecular weight is 269 g/mol. The zero-order chi connectivity index (χ0) is 13.8. The van der Waals surface area contributed by atoms with E-state index >= 15 is 0 Å². The molecule has 0 aliphatic carbocycles. The van der Waals surface area contributed by atoms with Gasteiger partial charge in [-0.2, -0.15) is 0 Å². The van der Waals surface area contributed by atoms with Gasteiger partial charge in [0.1, 0.15) is 11.6 Å². The van der Waals surface area contributed by atoms with Crippen LogP contribution >= 0.6 is 0 Å². The van der Waals surface area contributed by atoms with Gasteiger partial charge in [-0.05, 0) is 18.2 Å². The van der Waals surface area contributed by atoms with Crippen molar-refractivity contribution in [1.82, 2.24) is 9.97 Å². The number of aromatic nitrogens is 2. The van der Waals surface area contributed by atoms with Gasteiger partial charge < -0.3 is 15.1 Å². The topological polar surface area (TPSA) is 44.3 Å². The van der Waals surface area contributed by atoms with Crippen LogP contribution in [0.25, 0.3) is 0 Å². The van der Waals surface area contributed by atoms with Gasteiger partial charge in [0.25, 0.3) is 0 Å². The van der Waals surface area contributed by atoms with E-state index in [2.05, 4.69) is 43.3 Å². The minimum absolute atomic E-state index is 0.912. The molecule has 0 aromatic carbocycles. The van der Waals surface area contributed by atoms with Crippen molar-refractivity contribution in [1.29, 1.82) is 0 Å². The number of hydrogen-bond donors (Lipinski definition) is 1. The van der Waals surface area contributed by atoms with Crippen LogP contribution in [0.1, 0.15) is 0 Å². The van der Waals surface area contributed by atoms with Crippen molar-refractivity contribution in [3.63, 3.8) is 0 Å². The van der Waals surface area contributed by atoms with Crippen molar-refractivity contribution in [2.45, 2.75) is 0 Å². The molecule has 1 saturated heterocycles. The number of pyridine rings is 2. The van der Waals surface area contributed by atoms with Crippen LogP contribution in [-0.4, -0.2) is 43.2 Å². The number of nitrogens with one attached hydrogen (secondary N) is 1. The summed E-state index contributed by atoms with van der Waals surface area (Å²) < 4.78 is 0. The lowest BCUT2D eigenvalue weighted by atomic mass is 10.2. The van der Waals surface area contributed by atoms with Gasteiger partial charge in [0.05, 0.1) is 0 Å². The first-order valence-electron chi connectivity index (χ1n) is 6.91. The van der Waals surface area contributed by atoms with Gasteiger partial charge in [-0.25, -0.2) is 9.97 Å². The molecule has 0 atom stereocenters. The third-order valence-electron chi connectivity index (χ3n) is 3.62. The van der Waals surface area contributed by atoms with Crippen molar-refractivity contribution in [3.8, 4) is 0 Å². The summed E-state index contributed by atoms with van der Waals surface area (Å²) in [4.78, 5) is 13.4. The van der Waals surface area contributed by atoms with E-state index in [-0.39, 0.29) is 0 Å². The predicted octanol–water partition coefficient (Wildman–Crippen LogP) is 1.84. The Hall–Kier alpha value is -2.30. The highest BCUT2D eigenvalue weighted by Crippen LogP contribution is 2.20. The quantitative estimate of drug-likeness (QED) is 0.921. The molecule has 0 amide bonds. The lowest BCUT2D eigenvalue weighted by Gasteiger charge is -2.36. The Morgan fingerprint density at radius 2 is 1.75 bits per heavy atom. The smallest absolute Gasteiger partial charge is 0.128 e. The van der Waals surface area contributed by atoms with Crippen LogP contribution in [-0.2, 0) is 0 Å². The summed E-state index contributed by atoms with van der Waals surface area (Å²) in [5.41, 5.74) is 1.23. The Morgan fingerprint density at radius 1 is 0.950 bits per heavy atom. The van der Waals surface area contributed by atoms with Gasteiger partial charge in [0, 0.05) is 57.4 Å². The molecule has 0 radical (unpaired) electrons. The van der Waals surface area contributed by atoms with Crippen LogP contribution in [0.5, 0.6) is 0 Å². The van der Waals surface area contributed by atoms with E-state index in [1.165, 1.54) is 5.69 Å². The van der Waals surface area contributed by atoms with Gasteiger partial charge in [0.2, 0.25) is 0 Å². The summed E-state index contributed by atoms with van der Waals surface area (Å²) in [6.45, 7) is 4.00. The molecule has 3 rings (SSSR count). The molecule has 2 aromatic rings. The SMILES string of the molecule is CNc1cc(N2CCN(c3ccccn3)CC2)ccn1. The molecule has 5 nitrogen and oxygen atoms in total. The highest BCUT2D eigenvalue weighted by molar-refractivity contribution is 5.55. The van der Waals surface area contributed by atoms with E-state index in [9.17, 15) is 0 Å². The van der Waals surface area contributed by atoms with Crippen molar-refractivity contribution in [2.75, 3.05) is 48.3 Å². The normalized spacial score (nSPS) is 15.2. The monoisotopic (exact) mass is 269 g/mol. The summed E-state index contributed by atoms with van der Waals surface area (Å²) in [5.74, 6) is 1.98. The second-order valence-corrected chi connectivity index (χ2v) is 4.81. The molecule has 104 valence electrons. The first-order valence-corrected chi connectivity index (χ1v) is 6.91. The maximum Gasteiger partial charge on any atom is 0.128 e. The fourth-order valence-corrected chi connectivity index (χ4v) is 2.49. The molecule has 20 heavy (non-hydrogen) atoms. The Balaban J connectivity index is 1.66. The molecule has 0 saturated carbocycles. The van der Waals surface area contributed by atoms with Crippen LogP contribution in [0.15, 0.2) is 42.7 Å². The van der Waals surface area contributed by atoms with Crippen LogP contribution < -0.4 is 15.1 Å². The molecule has 0 bridgehead atoms. The molecule has 0 spiro atoms. The molecule has 5 heteroatoms. The van der Waals surface area contributed by atoms with Gasteiger partial charge >= 0.3 is 0 Å². The van der Waals surface area contributed by atoms with Crippen molar-refractivity contribution < 1.29 is 0 Å². The number of anilines is 3. The van der Waals surface area contributed by atoms with E-state index in [1.807, 2.05) is 31.6 Å². The first kappa shape index (κ1) is 12.7. The lowest BCUT2D eigenvalue weighted by Crippen LogP contribution is -2.46. The molecule has 1 aliphatic heterocycles. The molecule has 1 aliphatic rings. The van der Waals surface area contributed by atoms with E-state index < -0.39 is 0 Å². The number of hydrogen-bond acceptors (Lipinski definition) is 5. The van der Waals surface area contributed by atoms with Gasteiger partial charge in [-0.15, -0.1) is 0 Å². The van der Waals surface area contributed by atoms with E-state index in [1.54, 1.807) is 0 Å². The fraction of sp³-hybridized carbons (Fsp3) is 0.333. The zero-order valence-electron chi connectivity index (χ0n) is 11.7. The fourth-order valence-electron chi connectivity index (χ4n) is 2.49. The molecule has 0 unspecified atom stereocenters. The van der Waals surface area contributed by atoms with E-state index in [0.717, 1.165) is 37.8 Å². The summed E-state index contributed by atoms with van der Waals surface area (Å²) in [5, 5.41) is 3.08. The average Bonchev–Trinajstić information content (AvgIpc) is 2.56. The molecule has 2 aromatic heterocycles. The van der Waals surface area contributed by atoms with Gasteiger partial charge in [-0.1, -0.05) is 6.07 Å². The van der Waals surface area contributed by atoms with E-state index in [0.29, 0.717) is 0 Å². The summed E-state index contributed by atoms with van der Waals surface area (Å²) in [6, 6.07) is 10.2. The summed E-state index contributed by atoms with van der Waals surface area (Å²) in [7, 11) is 1.89. The Bertz CT molecular complexity index is 549. The Labute approximate surface area is 119 Å². The second-order valence-electron chi connectivity index (χ2n) is 4.81. The lowest BCUT2D eigenvalue weighted by molar-refractivity contribution is 0.647. The zero-order valence-corrected chi connectivity index (χ0v) is 11.7. The van der Waals surface area contributed by atoms with Gasteiger partial charge in [-0.3, -0.25) is 0 Å².